The van der Waals surface area contributed by atoms with Crippen LogP contribution in [-0.4, -0.2) is 11.1 Å². The van der Waals surface area contributed by atoms with Crippen LogP contribution in [0.1, 0.15) is 28.4 Å². The number of halogens is 1. The Morgan fingerprint density at radius 3 is 2.48 bits per heavy atom. The molecular weight excluding hydrogens is 424 g/mol. The lowest BCUT2D eigenvalue weighted by Gasteiger charge is -2.11. The van der Waals surface area contributed by atoms with Gasteiger partial charge in [-0.15, -0.1) is 11.3 Å². The Morgan fingerprint density at radius 2 is 1.85 bits per heavy atom. The lowest BCUT2D eigenvalue weighted by Crippen LogP contribution is -1.98. The molecule has 1 aromatic heterocycles. The Kier molecular flexibility index (Phi) is 6.48. The number of hydrogen-bond acceptors (Lipinski definition) is 3. The highest BCUT2D eigenvalue weighted by molar-refractivity contribution is 9.11. The Labute approximate surface area is 171 Å². The molecule has 0 aliphatic carbocycles. The Hall–Kier alpha value is -2.37. The van der Waals surface area contributed by atoms with Gasteiger partial charge in [-0.3, -0.25) is 0 Å². The maximum atomic E-state index is 11.1. The van der Waals surface area contributed by atoms with Crippen LogP contribution in [0.15, 0.2) is 76.3 Å². The minimum atomic E-state index is -0.917. The van der Waals surface area contributed by atoms with E-state index in [1.807, 2.05) is 55.5 Å². The van der Waals surface area contributed by atoms with Gasteiger partial charge < -0.3 is 9.84 Å². The number of ether oxygens (including phenoxy) is 1. The molecule has 0 atom stereocenters. The molecule has 0 aliphatic heterocycles. The molecule has 1 N–H and O–H groups in total. The van der Waals surface area contributed by atoms with Crippen LogP contribution < -0.4 is 0 Å². The van der Waals surface area contributed by atoms with Crippen molar-refractivity contribution < 1.29 is 14.6 Å². The first-order chi connectivity index (χ1) is 13.1. The van der Waals surface area contributed by atoms with Gasteiger partial charge in [-0.1, -0.05) is 42.5 Å². The van der Waals surface area contributed by atoms with Crippen molar-refractivity contribution >= 4 is 33.2 Å². The molecule has 3 nitrogen and oxygen atoms in total. The number of carboxylic acids is 1. The molecule has 0 amide bonds. The first-order valence-corrected chi connectivity index (χ1v) is 10.1. The Morgan fingerprint density at radius 1 is 1.15 bits per heavy atom. The number of hydrogen-bond donors (Lipinski definition) is 1. The van der Waals surface area contributed by atoms with E-state index in [4.69, 9.17) is 9.84 Å². The van der Waals surface area contributed by atoms with Crippen molar-refractivity contribution in [1.29, 1.82) is 0 Å². The fraction of sp³-hybridized carbons (Fsp3) is 0.136. The predicted molar refractivity (Wildman–Crippen MR) is 113 cm³/mol. The van der Waals surface area contributed by atoms with Crippen LogP contribution in [0.5, 0.6) is 0 Å². The first kappa shape index (κ1) is 19.4. The fourth-order valence-corrected chi connectivity index (χ4v) is 4.38. The van der Waals surface area contributed by atoms with Crippen LogP contribution in [0.4, 0.5) is 0 Å². The van der Waals surface area contributed by atoms with Gasteiger partial charge in [0.1, 0.15) is 6.61 Å². The molecule has 0 unspecified atom stereocenters. The third-order valence-corrected chi connectivity index (χ3v) is 5.86. The number of carboxylic acid groups (broad SMARTS) is 1. The highest BCUT2D eigenvalue weighted by Gasteiger charge is 2.13. The third kappa shape index (κ3) is 5.08. The van der Waals surface area contributed by atoms with E-state index in [0.29, 0.717) is 13.0 Å². The third-order valence-electron chi connectivity index (χ3n) is 4.13. The van der Waals surface area contributed by atoms with Crippen molar-refractivity contribution in [2.75, 3.05) is 0 Å². The zero-order valence-corrected chi connectivity index (χ0v) is 17.2. The van der Waals surface area contributed by atoms with Crippen molar-refractivity contribution in [3.63, 3.8) is 0 Å². The molecule has 0 spiro atoms. The van der Waals surface area contributed by atoms with Crippen molar-refractivity contribution in [2.45, 2.75) is 20.0 Å². The van der Waals surface area contributed by atoms with Crippen molar-refractivity contribution in [2.24, 2.45) is 0 Å². The number of thiophene rings is 1. The van der Waals surface area contributed by atoms with E-state index in [0.717, 1.165) is 31.1 Å². The van der Waals surface area contributed by atoms with Gasteiger partial charge in [0.15, 0.2) is 0 Å². The molecule has 138 valence electrons. The number of rotatable bonds is 7. The topological polar surface area (TPSA) is 46.5 Å². The maximum Gasteiger partial charge on any atom is 0.335 e. The second-order valence-electron chi connectivity index (χ2n) is 5.99. The van der Waals surface area contributed by atoms with Gasteiger partial charge in [-0.05, 0) is 63.8 Å². The summed E-state index contributed by atoms with van der Waals surface area (Å²) < 4.78 is 7.04. The largest absolute Gasteiger partial charge is 0.493 e. The highest BCUT2D eigenvalue weighted by Crippen LogP contribution is 2.37. The molecular formula is C22H19BrO3S. The van der Waals surface area contributed by atoms with Crippen molar-refractivity contribution in [3.8, 4) is 10.4 Å². The van der Waals surface area contributed by atoms with Crippen LogP contribution >= 0.6 is 27.3 Å². The molecule has 0 saturated heterocycles. The average Bonchev–Trinajstić information content (AvgIpc) is 3.06. The smallest absolute Gasteiger partial charge is 0.335 e. The molecule has 27 heavy (non-hydrogen) atoms. The van der Waals surface area contributed by atoms with E-state index in [1.165, 1.54) is 0 Å². The Balaban J connectivity index is 1.77. The molecule has 0 aliphatic rings. The predicted octanol–water partition coefficient (Wildman–Crippen LogP) is 6.54. The van der Waals surface area contributed by atoms with E-state index < -0.39 is 5.97 Å². The minimum absolute atomic E-state index is 0.288. The molecule has 1 heterocycles. The van der Waals surface area contributed by atoms with Gasteiger partial charge in [0.2, 0.25) is 0 Å². The van der Waals surface area contributed by atoms with Gasteiger partial charge in [0.05, 0.1) is 15.1 Å². The lowest BCUT2D eigenvalue weighted by molar-refractivity contribution is 0.0697. The van der Waals surface area contributed by atoms with E-state index >= 15 is 0 Å². The second-order valence-corrected chi connectivity index (χ2v) is 8.42. The minimum Gasteiger partial charge on any atom is -0.493 e. The van der Waals surface area contributed by atoms with Crippen LogP contribution in [0.2, 0.25) is 0 Å². The van der Waals surface area contributed by atoms with Crippen LogP contribution in [0.25, 0.3) is 10.4 Å². The van der Waals surface area contributed by atoms with Gasteiger partial charge in [0.25, 0.3) is 0 Å². The second kappa shape index (κ2) is 9.02. The van der Waals surface area contributed by atoms with E-state index in [2.05, 4.69) is 22.0 Å². The Bertz CT molecular complexity index is 943. The zero-order valence-electron chi connectivity index (χ0n) is 14.8. The molecule has 3 aromatic rings. The molecule has 2 aromatic carbocycles. The molecule has 0 radical (unpaired) electrons. The molecule has 5 heteroatoms. The molecule has 3 rings (SSSR count). The van der Waals surface area contributed by atoms with Gasteiger partial charge in [-0.25, -0.2) is 4.79 Å². The van der Waals surface area contributed by atoms with E-state index in [1.54, 1.807) is 23.5 Å². The summed E-state index contributed by atoms with van der Waals surface area (Å²) in [6.07, 6.45) is 2.67. The van der Waals surface area contributed by atoms with Crippen LogP contribution in [0.3, 0.4) is 0 Å². The first-order valence-electron chi connectivity index (χ1n) is 8.50. The number of aromatic carboxylic acids is 1. The average molecular weight is 443 g/mol. The SMILES string of the molecule is CC=C(Cc1cc(Br)sc1-c1ccc(C(=O)O)cc1)OCc1ccccc1. The zero-order chi connectivity index (χ0) is 19.2. The summed E-state index contributed by atoms with van der Waals surface area (Å²) >= 11 is 5.20. The van der Waals surface area contributed by atoms with E-state index in [9.17, 15) is 4.79 Å². The summed E-state index contributed by atoms with van der Waals surface area (Å²) in [5.74, 6) is -0.00722. The number of benzene rings is 2. The van der Waals surface area contributed by atoms with Gasteiger partial charge in [0, 0.05) is 11.3 Å². The molecule has 0 bridgehead atoms. The maximum absolute atomic E-state index is 11.1. The number of allylic oxidation sites excluding steroid dienone is 2. The lowest BCUT2D eigenvalue weighted by atomic mass is 10.0. The van der Waals surface area contributed by atoms with Gasteiger partial charge in [-0.2, -0.15) is 0 Å². The standard InChI is InChI=1S/C22H19BrO3S/c1-2-19(26-14-15-6-4-3-5-7-15)12-18-13-20(23)27-21(18)16-8-10-17(11-9-16)22(24)25/h2-11,13H,12,14H2,1H3,(H,24,25). The summed E-state index contributed by atoms with van der Waals surface area (Å²) in [6.45, 7) is 2.51. The quantitative estimate of drug-likeness (QED) is 0.422. The fourth-order valence-electron chi connectivity index (χ4n) is 2.71. The summed E-state index contributed by atoms with van der Waals surface area (Å²) in [5.41, 5.74) is 3.57. The molecule has 0 fully saturated rings. The monoisotopic (exact) mass is 442 g/mol. The summed E-state index contributed by atoms with van der Waals surface area (Å²) in [4.78, 5) is 12.2. The summed E-state index contributed by atoms with van der Waals surface area (Å²) in [7, 11) is 0. The highest BCUT2D eigenvalue weighted by atomic mass is 79.9. The van der Waals surface area contributed by atoms with Gasteiger partial charge >= 0.3 is 5.97 Å². The summed E-state index contributed by atoms with van der Waals surface area (Å²) in [5, 5.41) is 9.08. The number of carbonyl (C=O) groups is 1. The van der Waals surface area contributed by atoms with Crippen LogP contribution in [0, 0.1) is 0 Å². The van der Waals surface area contributed by atoms with Crippen molar-refractivity contribution in [3.05, 3.63) is 93.0 Å². The van der Waals surface area contributed by atoms with Crippen molar-refractivity contribution in [1.82, 2.24) is 0 Å². The molecule has 0 saturated carbocycles. The van der Waals surface area contributed by atoms with E-state index in [-0.39, 0.29) is 5.56 Å². The van der Waals surface area contributed by atoms with Crippen LogP contribution in [-0.2, 0) is 17.8 Å². The normalized spacial score (nSPS) is 11.4. The summed E-state index contributed by atoms with van der Waals surface area (Å²) in [6, 6.07) is 19.2.